The van der Waals surface area contributed by atoms with E-state index in [2.05, 4.69) is 31.1 Å². The molecule has 9 nitrogen and oxygen atoms in total. The average Bonchev–Trinajstić information content (AvgIpc) is 3.28. The second-order valence-corrected chi connectivity index (χ2v) is 11.0. The molecule has 1 aliphatic rings. The SMILES string of the molecule is CC(C)C.C[C@H]1CN(C(=O)CNC(=O)C(F)(F)F)CC1(C)C.Cn1cc(Cl)c2cncc(C(C#N)NC=O)c21. The Balaban J connectivity index is 0.000000343. The first kappa shape index (κ1) is 33.7. The number of alkyl halides is 3. The highest BCUT2D eigenvalue weighted by Crippen LogP contribution is 2.34. The molecule has 216 valence electrons. The van der Waals surface area contributed by atoms with Gasteiger partial charge in [-0.3, -0.25) is 19.4 Å². The second kappa shape index (κ2) is 14.2. The number of nitrogens with zero attached hydrogens (tertiary/aromatic N) is 4. The molecule has 0 saturated carbocycles. The molecule has 2 aromatic rings. The summed E-state index contributed by atoms with van der Waals surface area (Å²) in [7, 11) is 1.83. The maximum Gasteiger partial charge on any atom is 0.471 e. The molecule has 0 aromatic carbocycles. The molecule has 3 amide bonds. The van der Waals surface area contributed by atoms with E-state index < -0.39 is 30.6 Å². The fourth-order valence-electron chi connectivity index (χ4n) is 3.67. The van der Waals surface area contributed by atoms with Gasteiger partial charge in [-0.25, -0.2) is 0 Å². The zero-order chi connectivity index (χ0) is 30.1. The summed E-state index contributed by atoms with van der Waals surface area (Å²) in [5.74, 6) is -1.45. The van der Waals surface area contributed by atoms with Gasteiger partial charge in [-0.1, -0.05) is 53.1 Å². The number of likely N-dealkylation sites (tertiary alicyclic amines) is 1. The lowest BCUT2D eigenvalue weighted by atomic mass is 9.84. The average molecular weight is 573 g/mol. The summed E-state index contributed by atoms with van der Waals surface area (Å²) in [5.41, 5.74) is 1.38. The Labute approximate surface area is 231 Å². The molecule has 13 heteroatoms. The van der Waals surface area contributed by atoms with E-state index in [-0.39, 0.29) is 11.3 Å². The third kappa shape index (κ3) is 9.73. The second-order valence-electron chi connectivity index (χ2n) is 10.6. The predicted octanol–water partition coefficient (Wildman–Crippen LogP) is 4.37. The number of amides is 3. The highest BCUT2D eigenvalue weighted by molar-refractivity contribution is 6.35. The van der Waals surface area contributed by atoms with Gasteiger partial charge in [0.25, 0.3) is 0 Å². The van der Waals surface area contributed by atoms with E-state index in [9.17, 15) is 27.6 Å². The van der Waals surface area contributed by atoms with Gasteiger partial charge >= 0.3 is 12.1 Å². The van der Waals surface area contributed by atoms with Crippen molar-refractivity contribution >= 4 is 40.7 Å². The fourth-order valence-corrected chi connectivity index (χ4v) is 3.95. The van der Waals surface area contributed by atoms with E-state index in [1.165, 1.54) is 4.90 Å². The number of carbonyl (C=O) groups excluding carboxylic acids is 3. The summed E-state index contributed by atoms with van der Waals surface area (Å²) >= 11 is 6.04. The highest BCUT2D eigenvalue weighted by atomic mass is 35.5. The number of hydrogen-bond donors (Lipinski definition) is 2. The van der Waals surface area contributed by atoms with Crippen LogP contribution in [0.5, 0.6) is 0 Å². The first-order chi connectivity index (χ1) is 18.0. The minimum absolute atomic E-state index is 0.0519. The number of carbonyl (C=O) groups is 3. The number of nitrogens with one attached hydrogen (secondary N) is 2. The Kier molecular flexibility index (Phi) is 12.2. The van der Waals surface area contributed by atoms with Crippen LogP contribution in [0.15, 0.2) is 18.6 Å². The summed E-state index contributed by atoms with van der Waals surface area (Å²) in [4.78, 5) is 38.2. The van der Waals surface area contributed by atoms with Crippen LogP contribution in [0.4, 0.5) is 13.2 Å². The Morgan fingerprint density at radius 2 is 1.90 bits per heavy atom. The smallest absolute Gasteiger partial charge is 0.349 e. The number of nitriles is 1. The molecular weight excluding hydrogens is 537 g/mol. The number of rotatable bonds is 5. The standard InChI is InChI=1S/C11H9ClN4O.C11H17F3N2O2.C4H10/c1-16-5-9(12)7-3-14-4-8(11(7)16)10(2-13)15-6-17;1-7-5-16(6-10(7,2)3)8(17)4-15-9(18)11(12,13)14;1-4(2)3/h3-6,10H,1H3,(H,15,17);7H,4-6H2,1-3H3,(H,15,18);4H,1-3H3/t;7-;/m.0./s1. The van der Waals surface area contributed by atoms with E-state index in [1.54, 1.807) is 23.9 Å². The Morgan fingerprint density at radius 1 is 1.31 bits per heavy atom. The quantitative estimate of drug-likeness (QED) is 0.516. The van der Waals surface area contributed by atoms with Crippen LogP contribution in [0.25, 0.3) is 10.9 Å². The molecule has 1 aliphatic heterocycles. The lowest BCUT2D eigenvalue weighted by molar-refractivity contribution is -0.174. The van der Waals surface area contributed by atoms with Crippen molar-refractivity contribution in [2.24, 2.45) is 24.3 Å². The molecule has 2 aromatic heterocycles. The molecule has 3 heterocycles. The maximum absolute atomic E-state index is 11.9. The molecule has 0 aliphatic carbocycles. The van der Waals surface area contributed by atoms with Gasteiger partial charge in [-0.2, -0.15) is 18.4 Å². The first-order valence-electron chi connectivity index (χ1n) is 12.3. The number of aryl methyl sites for hydroxylation is 1. The van der Waals surface area contributed by atoms with Crippen molar-refractivity contribution in [2.75, 3.05) is 19.6 Å². The summed E-state index contributed by atoms with van der Waals surface area (Å²) in [6.45, 7) is 12.9. The first-order valence-corrected chi connectivity index (χ1v) is 12.6. The molecule has 3 rings (SSSR count). The molecule has 2 atom stereocenters. The van der Waals surface area contributed by atoms with Crippen LogP contribution in [0, 0.1) is 28.6 Å². The molecule has 0 radical (unpaired) electrons. The lowest BCUT2D eigenvalue weighted by Gasteiger charge is -2.22. The number of fused-ring (bicyclic) bond motifs is 1. The van der Waals surface area contributed by atoms with Gasteiger partial charge in [0.1, 0.15) is 6.04 Å². The van der Waals surface area contributed by atoms with Crippen LogP contribution in [-0.2, 0) is 21.4 Å². The molecule has 0 bridgehead atoms. The van der Waals surface area contributed by atoms with Gasteiger partial charge in [0.2, 0.25) is 12.3 Å². The van der Waals surface area contributed by atoms with E-state index in [4.69, 9.17) is 16.9 Å². The van der Waals surface area contributed by atoms with Crippen LogP contribution in [-0.4, -0.2) is 58.5 Å². The van der Waals surface area contributed by atoms with Gasteiger partial charge in [0, 0.05) is 49.7 Å². The monoisotopic (exact) mass is 572 g/mol. The van der Waals surface area contributed by atoms with Crippen molar-refractivity contribution in [3.05, 3.63) is 29.2 Å². The van der Waals surface area contributed by atoms with Gasteiger partial charge < -0.3 is 20.1 Å². The largest absolute Gasteiger partial charge is 0.471 e. The normalized spacial score (nSPS) is 16.8. The van der Waals surface area contributed by atoms with Gasteiger partial charge in [-0.05, 0) is 17.3 Å². The Hall–Kier alpha value is -3.33. The van der Waals surface area contributed by atoms with Crippen molar-refractivity contribution in [1.29, 1.82) is 5.26 Å². The third-order valence-electron chi connectivity index (χ3n) is 5.97. The van der Waals surface area contributed by atoms with Crippen LogP contribution in [0.1, 0.15) is 53.1 Å². The Morgan fingerprint density at radius 3 is 2.36 bits per heavy atom. The van der Waals surface area contributed by atoms with E-state index in [0.29, 0.717) is 30.1 Å². The minimum atomic E-state index is -4.95. The van der Waals surface area contributed by atoms with Crippen LogP contribution >= 0.6 is 11.6 Å². The van der Waals surface area contributed by atoms with E-state index >= 15 is 0 Å². The highest BCUT2D eigenvalue weighted by Gasteiger charge is 2.41. The van der Waals surface area contributed by atoms with Crippen LogP contribution in [0.3, 0.4) is 0 Å². The molecule has 39 heavy (non-hydrogen) atoms. The summed E-state index contributed by atoms with van der Waals surface area (Å²) < 4.78 is 37.6. The van der Waals surface area contributed by atoms with E-state index in [1.807, 2.05) is 38.5 Å². The zero-order valence-electron chi connectivity index (χ0n) is 23.2. The minimum Gasteiger partial charge on any atom is -0.349 e. The van der Waals surface area contributed by atoms with Crippen LogP contribution < -0.4 is 10.6 Å². The van der Waals surface area contributed by atoms with Gasteiger partial charge in [-0.15, -0.1) is 0 Å². The maximum atomic E-state index is 11.9. The molecule has 1 fully saturated rings. The zero-order valence-corrected chi connectivity index (χ0v) is 23.9. The van der Waals surface area contributed by atoms with Crippen molar-refractivity contribution < 1.29 is 27.6 Å². The van der Waals surface area contributed by atoms with Crippen molar-refractivity contribution in [3.8, 4) is 6.07 Å². The molecule has 0 spiro atoms. The number of halogens is 4. The number of pyridine rings is 1. The summed E-state index contributed by atoms with van der Waals surface area (Å²) in [6.07, 6.45) is 0.488. The summed E-state index contributed by atoms with van der Waals surface area (Å²) in [6, 6.07) is 1.28. The predicted molar refractivity (Wildman–Crippen MR) is 142 cm³/mol. The van der Waals surface area contributed by atoms with Crippen molar-refractivity contribution in [3.63, 3.8) is 0 Å². The molecule has 1 saturated heterocycles. The molecular formula is C26H36ClF3N6O3. The summed E-state index contributed by atoms with van der Waals surface area (Å²) in [5, 5.41) is 14.4. The number of aromatic nitrogens is 2. The van der Waals surface area contributed by atoms with Gasteiger partial charge in [0.05, 0.1) is 23.2 Å². The molecule has 2 N–H and O–H groups in total. The van der Waals surface area contributed by atoms with E-state index in [0.717, 1.165) is 16.8 Å². The Bertz CT molecular complexity index is 1190. The van der Waals surface area contributed by atoms with Crippen molar-refractivity contribution in [1.82, 2.24) is 25.1 Å². The fraction of sp³-hybridized carbons (Fsp3) is 0.577. The van der Waals surface area contributed by atoms with Gasteiger partial charge in [0.15, 0.2) is 0 Å². The lowest BCUT2D eigenvalue weighted by Crippen LogP contribution is -2.44. The number of hydrogen-bond acceptors (Lipinski definition) is 5. The van der Waals surface area contributed by atoms with Crippen LogP contribution in [0.2, 0.25) is 5.02 Å². The van der Waals surface area contributed by atoms with Crippen molar-refractivity contribution in [2.45, 2.75) is 53.8 Å². The third-order valence-corrected chi connectivity index (χ3v) is 6.28. The molecule has 1 unspecified atom stereocenters. The topological polar surface area (TPSA) is 120 Å².